The molecule has 0 atom stereocenters. The van der Waals surface area contributed by atoms with Crippen LogP contribution < -0.4 is 0 Å². The van der Waals surface area contributed by atoms with Gasteiger partial charge in [0.25, 0.3) is 0 Å². The van der Waals surface area contributed by atoms with Gasteiger partial charge in [-0.3, -0.25) is 5.41 Å². The van der Waals surface area contributed by atoms with E-state index < -0.39 is 0 Å². The van der Waals surface area contributed by atoms with E-state index in [0.29, 0.717) is 11.3 Å². The van der Waals surface area contributed by atoms with Gasteiger partial charge in [0.05, 0.1) is 5.84 Å². The summed E-state index contributed by atoms with van der Waals surface area (Å²) in [5.41, 5.74) is 0.693. The van der Waals surface area contributed by atoms with Crippen LogP contribution in [0.25, 0.3) is 0 Å². The summed E-state index contributed by atoms with van der Waals surface area (Å²) in [6.07, 6.45) is 12.6. The van der Waals surface area contributed by atoms with Crippen LogP contribution in [0.4, 0.5) is 0 Å². The van der Waals surface area contributed by atoms with E-state index >= 15 is 0 Å². The normalized spacial score (nSPS) is 29.4. The van der Waals surface area contributed by atoms with Crippen LogP contribution in [-0.2, 0) is 0 Å². The van der Waals surface area contributed by atoms with Gasteiger partial charge in [0.1, 0.15) is 0 Å². The van der Waals surface area contributed by atoms with Crippen LogP contribution in [0, 0.1) is 16.7 Å². The summed E-state index contributed by atoms with van der Waals surface area (Å²) in [7, 11) is 0. The van der Waals surface area contributed by atoms with Crippen molar-refractivity contribution in [1.82, 2.24) is 4.90 Å². The molecule has 0 amide bonds. The van der Waals surface area contributed by atoms with Gasteiger partial charge in [-0.1, -0.05) is 19.3 Å². The molecule has 1 heterocycles. The fourth-order valence-electron chi connectivity index (χ4n) is 3.64. The van der Waals surface area contributed by atoms with Gasteiger partial charge in [0.2, 0.25) is 0 Å². The monoisotopic (exact) mass is 220 g/mol. The lowest BCUT2D eigenvalue weighted by Crippen LogP contribution is -2.44. The molecule has 0 aromatic heterocycles. The first-order chi connectivity index (χ1) is 7.79. The second-order valence-corrected chi connectivity index (χ2v) is 6.21. The molecule has 1 spiro atoms. The molecule has 90 valence electrons. The summed E-state index contributed by atoms with van der Waals surface area (Å²) in [5, 5.41) is 8.13. The van der Waals surface area contributed by atoms with Gasteiger partial charge in [-0.25, -0.2) is 0 Å². The van der Waals surface area contributed by atoms with Crippen molar-refractivity contribution in [2.24, 2.45) is 11.3 Å². The van der Waals surface area contributed by atoms with Crippen LogP contribution in [0.5, 0.6) is 0 Å². The zero-order valence-corrected chi connectivity index (χ0v) is 10.3. The fourth-order valence-corrected chi connectivity index (χ4v) is 3.64. The van der Waals surface area contributed by atoms with Crippen molar-refractivity contribution in [3.05, 3.63) is 0 Å². The molecule has 0 aromatic rings. The topological polar surface area (TPSA) is 27.1 Å². The Morgan fingerprint density at radius 2 is 1.56 bits per heavy atom. The first kappa shape index (κ1) is 10.6. The molecule has 2 aliphatic carbocycles. The third-order valence-corrected chi connectivity index (χ3v) is 5.04. The summed E-state index contributed by atoms with van der Waals surface area (Å²) >= 11 is 0. The molecule has 1 N–H and O–H groups in total. The molecule has 2 saturated carbocycles. The van der Waals surface area contributed by atoms with E-state index in [4.69, 9.17) is 5.41 Å². The number of likely N-dealkylation sites (tertiary alicyclic amines) is 1. The highest BCUT2D eigenvalue weighted by Crippen LogP contribution is 2.45. The van der Waals surface area contributed by atoms with E-state index in [0.717, 1.165) is 5.84 Å². The molecular formula is C14H24N2. The molecule has 1 aliphatic heterocycles. The van der Waals surface area contributed by atoms with Crippen LogP contribution in [0.1, 0.15) is 57.8 Å². The summed E-state index contributed by atoms with van der Waals surface area (Å²) < 4.78 is 0. The number of nitrogens with one attached hydrogen (secondary N) is 1. The minimum atomic E-state index is 0.639. The van der Waals surface area contributed by atoms with E-state index in [1.54, 1.807) is 0 Å². The van der Waals surface area contributed by atoms with Gasteiger partial charge in [0.15, 0.2) is 0 Å². The van der Waals surface area contributed by atoms with Gasteiger partial charge in [-0.2, -0.15) is 0 Å². The maximum absolute atomic E-state index is 8.13. The van der Waals surface area contributed by atoms with Gasteiger partial charge in [-0.15, -0.1) is 0 Å². The predicted octanol–water partition coefficient (Wildman–Crippen LogP) is 3.42. The number of nitrogens with zero attached hydrogens (tertiary/aromatic N) is 1. The molecule has 0 bridgehead atoms. The first-order valence-electron chi connectivity index (χ1n) is 7.13. The van der Waals surface area contributed by atoms with E-state index in [2.05, 4.69) is 4.90 Å². The molecule has 0 radical (unpaired) electrons. The van der Waals surface area contributed by atoms with Gasteiger partial charge < -0.3 is 4.90 Å². The quantitative estimate of drug-likeness (QED) is 0.532. The molecule has 3 aliphatic rings. The van der Waals surface area contributed by atoms with E-state index in [9.17, 15) is 0 Å². The second kappa shape index (κ2) is 4.05. The lowest BCUT2D eigenvalue weighted by molar-refractivity contribution is 0.0963. The average molecular weight is 220 g/mol. The second-order valence-electron chi connectivity index (χ2n) is 6.21. The van der Waals surface area contributed by atoms with Crippen LogP contribution in [0.15, 0.2) is 0 Å². The van der Waals surface area contributed by atoms with E-state index in [1.165, 1.54) is 70.9 Å². The minimum Gasteiger partial charge on any atom is -0.360 e. The number of hydrogen-bond donors (Lipinski definition) is 1. The molecular weight excluding hydrogens is 196 g/mol. The zero-order chi connectivity index (χ0) is 11.0. The van der Waals surface area contributed by atoms with Gasteiger partial charge in [0, 0.05) is 19.0 Å². The maximum atomic E-state index is 8.13. The van der Waals surface area contributed by atoms with Crippen LogP contribution in [0.3, 0.4) is 0 Å². The molecule has 3 rings (SSSR count). The summed E-state index contributed by atoms with van der Waals surface area (Å²) in [5.74, 6) is 1.60. The minimum absolute atomic E-state index is 0.639. The van der Waals surface area contributed by atoms with Crippen LogP contribution in [0.2, 0.25) is 0 Å². The standard InChI is InChI=1S/C14H24N2/c15-13(12-4-5-12)16-10-8-14(9-11-16)6-2-1-3-7-14/h12,15H,1-11H2. The highest BCUT2D eigenvalue weighted by molar-refractivity contribution is 5.83. The SMILES string of the molecule is N=C(C1CC1)N1CCC2(CCCCC2)CC1. The van der Waals surface area contributed by atoms with Crippen LogP contribution in [-0.4, -0.2) is 23.8 Å². The molecule has 2 nitrogen and oxygen atoms in total. The molecule has 3 fully saturated rings. The van der Waals surface area contributed by atoms with Crippen molar-refractivity contribution in [1.29, 1.82) is 5.41 Å². The first-order valence-corrected chi connectivity index (χ1v) is 7.13. The highest BCUT2D eigenvalue weighted by Gasteiger charge is 2.38. The Bertz CT molecular complexity index is 264. The molecule has 0 unspecified atom stereocenters. The van der Waals surface area contributed by atoms with E-state index in [-0.39, 0.29) is 0 Å². The largest absolute Gasteiger partial charge is 0.360 e. The van der Waals surface area contributed by atoms with Gasteiger partial charge >= 0.3 is 0 Å². The third-order valence-electron chi connectivity index (χ3n) is 5.04. The molecule has 16 heavy (non-hydrogen) atoms. The highest BCUT2D eigenvalue weighted by atomic mass is 15.2. The third kappa shape index (κ3) is 1.99. The Hall–Kier alpha value is -0.530. The summed E-state index contributed by atoms with van der Waals surface area (Å²) in [4.78, 5) is 2.37. The van der Waals surface area contributed by atoms with E-state index in [1.807, 2.05) is 0 Å². The number of hydrogen-bond acceptors (Lipinski definition) is 1. The zero-order valence-electron chi connectivity index (χ0n) is 10.3. The Balaban J connectivity index is 1.56. The lowest BCUT2D eigenvalue weighted by Gasteiger charge is -2.45. The van der Waals surface area contributed by atoms with Crippen molar-refractivity contribution in [3.8, 4) is 0 Å². The number of rotatable bonds is 1. The Morgan fingerprint density at radius 3 is 2.12 bits per heavy atom. The summed E-state index contributed by atoms with van der Waals surface area (Å²) in [6, 6.07) is 0. The Morgan fingerprint density at radius 1 is 0.938 bits per heavy atom. The smallest absolute Gasteiger partial charge is 0.0989 e. The molecule has 2 heteroatoms. The van der Waals surface area contributed by atoms with Crippen molar-refractivity contribution in [2.45, 2.75) is 57.8 Å². The van der Waals surface area contributed by atoms with Crippen molar-refractivity contribution in [3.63, 3.8) is 0 Å². The fraction of sp³-hybridized carbons (Fsp3) is 0.929. The average Bonchev–Trinajstić information content (AvgIpc) is 3.14. The maximum Gasteiger partial charge on any atom is 0.0989 e. The molecule has 1 saturated heterocycles. The lowest BCUT2D eigenvalue weighted by atomic mass is 9.68. The van der Waals surface area contributed by atoms with Crippen molar-refractivity contribution < 1.29 is 0 Å². The Kier molecular flexibility index (Phi) is 2.68. The van der Waals surface area contributed by atoms with Crippen LogP contribution >= 0.6 is 0 Å². The van der Waals surface area contributed by atoms with Gasteiger partial charge in [-0.05, 0) is 43.9 Å². The van der Waals surface area contributed by atoms with Crippen molar-refractivity contribution >= 4 is 5.84 Å². The number of amidine groups is 1. The molecule has 0 aromatic carbocycles. The Labute approximate surface area is 98.9 Å². The predicted molar refractivity (Wildman–Crippen MR) is 66.8 cm³/mol. The number of piperidine rings is 1. The van der Waals surface area contributed by atoms with Crippen molar-refractivity contribution in [2.75, 3.05) is 13.1 Å². The summed E-state index contributed by atoms with van der Waals surface area (Å²) in [6.45, 7) is 2.35.